The van der Waals surface area contributed by atoms with E-state index in [0.29, 0.717) is 0 Å². The number of rotatable bonds is 4. The van der Waals surface area contributed by atoms with Gasteiger partial charge in [-0.15, -0.1) is 0 Å². The van der Waals surface area contributed by atoms with Crippen LogP contribution in [0.15, 0.2) is 156 Å². The molecule has 8 rings (SSSR count). The van der Waals surface area contributed by atoms with Crippen molar-refractivity contribution in [2.75, 3.05) is 4.90 Å². The molecule has 8 aromatic rings. The Kier molecular flexibility index (Phi) is 5.65. The van der Waals surface area contributed by atoms with Gasteiger partial charge in [-0.3, -0.25) is 0 Å². The molecule has 0 aliphatic carbocycles. The number of halogens is 1. The van der Waals surface area contributed by atoms with Crippen LogP contribution in [0.25, 0.3) is 49.0 Å². The Morgan fingerprint density at radius 1 is 0.463 bits per heavy atom. The molecule has 0 aliphatic rings. The second kappa shape index (κ2) is 9.65. The monoisotopic (exact) mass is 588 g/mol. The predicted octanol–water partition coefficient (Wildman–Crippen LogP) is 11.3. The third kappa shape index (κ3) is 3.93. The zero-order valence-electron chi connectivity index (χ0n) is 22.2. The van der Waals surface area contributed by atoms with Crippen molar-refractivity contribution in [3.63, 3.8) is 0 Å². The minimum Gasteiger partial charge on any atom is -0.310 e. The lowest BCUT2D eigenvalue weighted by Gasteiger charge is -2.27. The van der Waals surface area contributed by atoms with E-state index in [9.17, 15) is 0 Å². The molecular weight excluding hydrogens is 564 g/mol. The standard InChI is InChI=1S/C38H25BrN2/c39-34-15-8-18-37-38(34)33-14-5-6-16-36(33)41(37)30-23-21-29(22-24-30)40(31-20-19-26-9-1-2-11-28(26)25-31)35-17-7-12-27-10-3-4-13-32(27)35/h1-25H. The van der Waals surface area contributed by atoms with E-state index in [1.54, 1.807) is 0 Å². The van der Waals surface area contributed by atoms with Gasteiger partial charge in [0.25, 0.3) is 0 Å². The van der Waals surface area contributed by atoms with Crippen LogP contribution in [0.4, 0.5) is 17.1 Å². The Morgan fingerprint density at radius 2 is 1.10 bits per heavy atom. The number of benzene rings is 7. The highest BCUT2D eigenvalue weighted by atomic mass is 79.9. The van der Waals surface area contributed by atoms with Crippen LogP contribution in [0.2, 0.25) is 0 Å². The van der Waals surface area contributed by atoms with Crippen molar-refractivity contribution in [1.29, 1.82) is 0 Å². The van der Waals surface area contributed by atoms with E-state index in [1.165, 1.54) is 43.4 Å². The van der Waals surface area contributed by atoms with Gasteiger partial charge in [-0.2, -0.15) is 0 Å². The third-order valence-electron chi connectivity index (χ3n) is 8.01. The van der Waals surface area contributed by atoms with Gasteiger partial charge in [-0.25, -0.2) is 0 Å². The summed E-state index contributed by atoms with van der Waals surface area (Å²) in [6.07, 6.45) is 0. The van der Waals surface area contributed by atoms with Crippen molar-refractivity contribution in [2.45, 2.75) is 0 Å². The Bertz CT molecular complexity index is 2220. The molecule has 7 aromatic carbocycles. The van der Waals surface area contributed by atoms with Crippen LogP contribution in [0.1, 0.15) is 0 Å². The predicted molar refractivity (Wildman–Crippen MR) is 178 cm³/mol. The first kappa shape index (κ1) is 24.0. The molecule has 0 radical (unpaired) electrons. The summed E-state index contributed by atoms with van der Waals surface area (Å²) in [6.45, 7) is 0. The Balaban J connectivity index is 1.33. The van der Waals surface area contributed by atoms with Crippen LogP contribution in [0.5, 0.6) is 0 Å². The number of hydrogen-bond acceptors (Lipinski definition) is 1. The van der Waals surface area contributed by atoms with E-state index in [0.717, 1.165) is 27.2 Å². The molecular formula is C38H25BrN2. The average molecular weight is 590 g/mol. The lowest BCUT2D eigenvalue weighted by molar-refractivity contribution is 1.17. The van der Waals surface area contributed by atoms with Crippen molar-refractivity contribution in [1.82, 2.24) is 4.57 Å². The highest BCUT2D eigenvalue weighted by Crippen LogP contribution is 2.41. The van der Waals surface area contributed by atoms with Gasteiger partial charge < -0.3 is 9.47 Å². The van der Waals surface area contributed by atoms with Crippen LogP contribution < -0.4 is 4.90 Å². The summed E-state index contributed by atoms with van der Waals surface area (Å²) in [5.74, 6) is 0. The molecule has 0 saturated heterocycles. The lowest BCUT2D eigenvalue weighted by atomic mass is 10.0. The molecule has 41 heavy (non-hydrogen) atoms. The second-order valence-corrected chi connectivity index (χ2v) is 11.2. The fourth-order valence-electron chi connectivity index (χ4n) is 6.15. The molecule has 2 nitrogen and oxygen atoms in total. The lowest BCUT2D eigenvalue weighted by Crippen LogP contribution is -2.10. The van der Waals surface area contributed by atoms with Gasteiger partial charge in [0.1, 0.15) is 0 Å². The molecule has 0 spiro atoms. The molecule has 0 unspecified atom stereocenters. The SMILES string of the molecule is Brc1cccc2c1c1ccccc1n2-c1ccc(N(c2ccc3ccccc3c2)c2cccc3ccccc23)cc1. The zero-order valence-corrected chi connectivity index (χ0v) is 23.8. The van der Waals surface area contributed by atoms with E-state index < -0.39 is 0 Å². The molecule has 3 heteroatoms. The summed E-state index contributed by atoms with van der Waals surface area (Å²) in [5.41, 5.74) is 6.92. The van der Waals surface area contributed by atoms with Gasteiger partial charge in [0, 0.05) is 37.7 Å². The van der Waals surface area contributed by atoms with Gasteiger partial charge >= 0.3 is 0 Å². The van der Waals surface area contributed by atoms with Gasteiger partial charge in [0.05, 0.1) is 16.7 Å². The normalized spacial score (nSPS) is 11.5. The smallest absolute Gasteiger partial charge is 0.0552 e. The molecule has 0 amide bonds. The van der Waals surface area contributed by atoms with E-state index in [1.807, 2.05) is 0 Å². The van der Waals surface area contributed by atoms with E-state index in [2.05, 4.69) is 177 Å². The highest BCUT2D eigenvalue weighted by Gasteiger charge is 2.18. The van der Waals surface area contributed by atoms with Crippen LogP contribution >= 0.6 is 15.9 Å². The van der Waals surface area contributed by atoms with Crippen LogP contribution in [-0.2, 0) is 0 Å². The molecule has 1 heterocycles. The van der Waals surface area contributed by atoms with Gasteiger partial charge in [0.15, 0.2) is 0 Å². The maximum absolute atomic E-state index is 3.80. The third-order valence-corrected chi connectivity index (χ3v) is 8.67. The minimum atomic E-state index is 1.11. The number of fused-ring (bicyclic) bond motifs is 5. The summed E-state index contributed by atoms with van der Waals surface area (Å²) in [7, 11) is 0. The van der Waals surface area contributed by atoms with Crippen LogP contribution in [0, 0.1) is 0 Å². The number of para-hydroxylation sites is 1. The van der Waals surface area contributed by atoms with E-state index in [4.69, 9.17) is 0 Å². The summed E-state index contributed by atoms with van der Waals surface area (Å²) >= 11 is 3.80. The topological polar surface area (TPSA) is 8.17 Å². The molecule has 0 N–H and O–H groups in total. The Labute approximate surface area is 246 Å². The second-order valence-electron chi connectivity index (χ2n) is 10.4. The summed E-state index contributed by atoms with van der Waals surface area (Å²) in [6, 6.07) is 54.5. The Hall–Kier alpha value is -4.86. The molecule has 0 bridgehead atoms. The first-order chi connectivity index (χ1) is 20.3. The first-order valence-corrected chi connectivity index (χ1v) is 14.6. The maximum atomic E-state index is 3.80. The summed E-state index contributed by atoms with van der Waals surface area (Å²) in [5, 5.41) is 7.39. The van der Waals surface area contributed by atoms with Gasteiger partial charge in [0.2, 0.25) is 0 Å². The largest absolute Gasteiger partial charge is 0.310 e. The average Bonchev–Trinajstić information content (AvgIpc) is 3.37. The number of nitrogens with zero attached hydrogens (tertiary/aromatic N) is 2. The number of hydrogen-bond donors (Lipinski definition) is 0. The molecule has 194 valence electrons. The summed E-state index contributed by atoms with van der Waals surface area (Å²) in [4.78, 5) is 2.38. The molecule has 0 aliphatic heterocycles. The zero-order chi connectivity index (χ0) is 27.3. The Morgan fingerprint density at radius 3 is 1.95 bits per heavy atom. The van der Waals surface area contributed by atoms with E-state index in [-0.39, 0.29) is 0 Å². The molecule has 0 fully saturated rings. The molecule has 0 saturated carbocycles. The molecule has 0 atom stereocenters. The van der Waals surface area contributed by atoms with Gasteiger partial charge in [-0.1, -0.05) is 107 Å². The van der Waals surface area contributed by atoms with Crippen LogP contribution in [-0.4, -0.2) is 4.57 Å². The van der Waals surface area contributed by atoms with Crippen molar-refractivity contribution in [2.24, 2.45) is 0 Å². The van der Waals surface area contributed by atoms with Crippen molar-refractivity contribution in [3.8, 4) is 5.69 Å². The molecule has 1 aromatic heterocycles. The van der Waals surface area contributed by atoms with Crippen molar-refractivity contribution >= 4 is 76.3 Å². The minimum absolute atomic E-state index is 1.11. The van der Waals surface area contributed by atoms with Crippen LogP contribution in [0.3, 0.4) is 0 Å². The maximum Gasteiger partial charge on any atom is 0.0552 e. The first-order valence-electron chi connectivity index (χ1n) is 13.8. The fourth-order valence-corrected chi connectivity index (χ4v) is 6.72. The fraction of sp³-hybridized carbons (Fsp3) is 0. The van der Waals surface area contributed by atoms with Gasteiger partial charge in [-0.05, 0) is 76.8 Å². The number of anilines is 3. The van der Waals surface area contributed by atoms with Crippen molar-refractivity contribution in [3.05, 3.63) is 156 Å². The van der Waals surface area contributed by atoms with Crippen molar-refractivity contribution < 1.29 is 0 Å². The van der Waals surface area contributed by atoms with E-state index >= 15 is 0 Å². The number of aromatic nitrogens is 1. The quantitative estimate of drug-likeness (QED) is 0.198. The highest BCUT2D eigenvalue weighted by molar-refractivity contribution is 9.10. The summed E-state index contributed by atoms with van der Waals surface area (Å²) < 4.78 is 3.47.